The van der Waals surface area contributed by atoms with E-state index in [9.17, 15) is 19.5 Å². The van der Waals surface area contributed by atoms with Gasteiger partial charge in [0.05, 0.1) is 25.5 Å². The minimum atomic E-state index is -0.979. The number of fused-ring (bicyclic) bond motifs is 3. The van der Waals surface area contributed by atoms with Crippen molar-refractivity contribution >= 4 is 23.4 Å². The van der Waals surface area contributed by atoms with Crippen LogP contribution in [0.2, 0.25) is 0 Å². The molecule has 2 heterocycles. The first-order chi connectivity index (χ1) is 17.3. The number of aliphatic hydroxyl groups excluding tert-OH is 1. The average molecular weight is 498 g/mol. The summed E-state index contributed by atoms with van der Waals surface area (Å²) in [6.07, 6.45) is -0.119. The van der Waals surface area contributed by atoms with Gasteiger partial charge in [-0.15, -0.1) is 0 Å². The van der Waals surface area contributed by atoms with Crippen LogP contribution in [0.3, 0.4) is 0 Å². The van der Waals surface area contributed by atoms with Crippen molar-refractivity contribution in [3.63, 3.8) is 0 Å². The summed E-state index contributed by atoms with van der Waals surface area (Å²) in [5, 5.41) is 13.0. The van der Waals surface area contributed by atoms with Gasteiger partial charge in [0.2, 0.25) is 17.6 Å². The van der Waals surface area contributed by atoms with Gasteiger partial charge in [-0.05, 0) is 37.6 Å². The summed E-state index contributed by atoms with van der Waals surface area (Å²) in [4.78, 5) is 41.7. The Kier molecular flexibility index (Phi) is 7.35. The highest BCUT2D eigenvalue weighted by Crippen LogP contribution is 2.44. The minimum Gasteiger partial charge on any atom is -0.493 e. The SMILES string of the molecule is COc1cccc(OC)c1OCC(O)CNC(=O)CCN1C(=O)c2ccccc2N2C(=O)CCC12C. The summed E-state index contributed by atoms with van der Waals surface area (Å²) in [5.74, 6) is 0.723. The number of carbonyl (C=O) groups is 3. The van der Waals surface area contributed by atoms with Crippen LogP contribution < -0.4 is 24.4 Å². The number of amides is 3. The smallest absolute Gasteiger partial charge is 0.257 e. The molecule has 0 aromatic heterocycles. The molecular formula is C26H31N3O7. The fourth-order valence-electron chi connectivity index (χ4n) is 4.77. The summed E-state index contributed by atoms with van der Waals surface area (Å²) in [7, 11) is 3.01. The lowest BCUT2D eigenvalue weighted by molar-refractivity contribution is -0.122. The molecule has 0 radical (unpaired) electrons. The zero-order chi connectivity index (χ0) is 25.9. The third kappa shape index (κ3) is 4.68. The Hall–Kier alpha value is -3.79. The van der Waals surface area contributed by atoms with E-state index in [1.165, 1.54) is 14.2 Å². The van der Waals surface area contributed by atoms with Crippen molar-refractivity contribution in [1.82, 2.24) is 10.2 Å². The fourth-order valence-corrected chi connectivity index (χ4v) is 4.77. The summed E-state index contributed by atoms with van der Waals surface area (Å²) >= 11 is 0. The van der Waals surface area contributed by atoms with Crippen molar-refractivity contribution < 1.29 is 33.7 Å². The molecule has 0 bridgehead atoms. The number of carbonyl (C=O) groups excluding carboxylic acids is 3. The molecule has 4 rings (SSSR count). The molecule has 10 nitrogen and oxygen atoms in total. The molecule has 36 heavy (non-hydrogen) atoms. The number of nitrogens with zero attached hydrogens (tertiary/aromatic N) is 2. The number of hydrogen-bond donors (Lipinski definition) is 2. The van der Waals surface area contributed by atoms with Gasteiger partial charge in [0.15, 0.2) is 11.5 Å². The van der Waals surface area contributed by atoms with Gasteiger partial charge in [-0.1, -0.05) is 18.2 Å². The van der Waals surface area contributed by atoms with Crippen LogP contribution in [0, 0.1) is 0 Å². The number of anilines is 1. The van der Waals surface area contributed by atoms with Gasteiger partial charge in [0.1, 0.15) is 18.4 Å². The fraction of sp³-hybridized carbons (Fsp3) is 0.423. The van der Waals surface area contributed by atoms with E-state index >= 15 is 0 Å². The van der Waals surface area contributed by atoms with Crippen LogP contribution in [-0.2, 0) is 9.59 Å². The summed E-state index contributed by atoms with van der Waals surface area (Å²) in [5.41, 5.74) is 0.247. The third-order valence-corrected chi connectivity index (χ3v) is 6.65. The lowest BCUT2D eigenvalue weighted by Crippen LogP contribution is -2.62. The van der Waals surface area contributed by atoms with Crippen molar-refractivity contribution in [2.75, 3.05) is 38.8 Å². The maximum Gasteiger partial charge on any atom is 0.257 e. The molecule has 3 amide bonds. The van der Waals surface area contributed by atoms with Gasteiger partial charge >= 0.3 is 0 Å². The quantitative estimate of drug-likeness (QED) is 0.515. The number of para-hydroxylation sites is 2. The molecule has 2 N–H and O–H groups in total. The van der Waals surface area contributed by atoms with Crippen LogP contribution in [-0.4, -0.2) is 73.4 Å². The molecule has 2 aromatic rings. The maximum atomic E-state index is 13.3. The van der Waals surface area contributed by atoms with Crippen LogP contribution in [0.1, 0.15) is 36.5 Å². The molecule has 2 aliphatic heterocycles. The molecule has 10 heteroatoms. The predicted octanol–water partition coefficient (Wildman–Crippen LogP) is 1.95. The first kappa shape index (κ1) is 25.3. The van der Waals surface area contributed by atoms with E-state index in [1.807, 2.05) is 6.92 Å². The molecule has 2 atom stereocenters. The highest BCUT2D eigenvalue weighted by atomic mass is 16.5. The Morgan fingerprint density at radius 2 is 1.81 bits per heavy atom. The summed E-state index contributed by atoms with van der Waals surface area (Å²) in [6.45, 7) is 1.88. The topological polar surface area (TPSA) is 118 Å². The van der Waals surface area contributed by atoms with Gasteiger partial charge in [0.25, 0.3) is 5.91 Å². The standard InChI is InChI=1S/C26H31N3O7/c1-26-13-11-23(32)29(26)19-8-5-4-7-18(19)25(33)28(26)14-12-22(31)27-15-17(30)16-36-24-20(34-2)9-6-10-21(24)35-3/h4-10,17,30H,11-16H2,1-3H3,(H,27,31). The van der Waals surface area contributed by atoms with E-state index in [1.54, 1.807) is 52.3 Å². The molecule has 192 valence electrons. The Morgan fingerprint density at radius 3 is 2.50 bits per heavy atom. The number of ether oxygens (including phenoxy) is 3. The normalized spacial score (nSPS) is 19.4. The molecule has 2 unspecified atom stereocenters. The van der Waals surface area contributed by atoms with Gasteiger partial charge in [0, 0.05) is 25.9 Å². The second-order valence-corrected chi connectivity index (χ2v) is 8.93. The van der Waals surface area contributed by atoms with Gasteiger partial charge in [-0.3, -0.25) is 19.3 Å². The van der Waals surface area contributed by atoms with Crippen molar-refractivity contribution in [3.8, 4) is 17.2 Å². The maximum absolute atomic E-state index is 13.3. The second-order valence-electron chi connectivity index (χ2n) is 8.93. The van der Waals surface area contributed by atoms with Crippen LogP contribution >= 0.6 is 0 Å². The van der Waals surface area contributed by atoms with Crippen LogP contribution in [0.4, 0.5) is 5.69 Å². The van der Waals surface area contributed by atoms with Crippen molar-refractivity contribution in [2.24, 2.45) is 0 Å². The lowest BCUT2D eigenvalue weighted by Gasteiger charge is -2.48. The summed E-state index contributed by atoms with van der Waals surface area (Å²) in [6, 6.07) is 12.2. The zero-order valence-electron chi connectivity index (χ0n) is 20.7. The van der Waals surface area contributed by atoms with E-state index in [-0.39, 0.29) is 43.8 Å². The predicted molar refractivity (Wildman–Crippen MR) is 131 cm³/mol. The Morgan fingerprint density at radius 1 is 1.11 bits per heavy atom. The highest BCUT2D eigenvalue weighted by molar-refractivity contribution is 6.10. The molecule has 0 aliphatic carbocycles. The van der Waals surface area contributed by atoms with Gasteiger partial charge in [-0.25, -0.2) is 0 Å². The zero-order valence-corrected chi connectivity index (χ0v) is 20.7. The van der Waals surface area contributed by atoms with E-state index in [2.05, 4.69) is 5.32 Å². The van der Waals surface area contributed by atoms with E-state index in [0.29, 0.717) is 41.3 Å². The van der Waals surface area contributed by atoms with Gasteiger partial charge < -0.3 is 29.5 Å². The van der Waals surface area contributed by atoms with E-state index in [4.69, 9.17) is 14.2 Å². The molecule has 1 fully saturated rings. The van der Waals surface area contributed by atoms with Crippen LogP contribution in [0.15, 0.2) is 42.5 Å². The third-order valence-electron chi connectivity index (χ3n) is 6.65. The molecule has 2 aliphatic rings. The largest absolute Gasteiger partial charge is 0.493 e. The summed E-state index contributed by atoms with van der Waals surface area (Å²) < 4.78 is 16.2. The first-order valence-electron chi connectivity index (χ1n) is 11.8. The Labute approximate surface area is 209 Å². The number of benzene rings is 2. The monoisotopic (exact) mass is 497 g/mol. The van der Waals surface area contributed by atoms with E-state index < -0.39 is 11.8 Å². The molecular weight excluding hydrogens is 466 g/mol. The number of hydrogen-bond acceptors (Lipinski definition) is 7. The molecule has 1 saturated heterocycles. The van der Waals surface area contributed by atoms with Crippen molar-refractivity contribution in [1.29, 1.82) is 0 Å². The number of rotatable bonds is 10. The lowest BCUT2D eigenvalue weighted by atomic mass is 9.98. The Balaban J connectivity index is 1.33. The van der Waals surface area contributed by atoms with Crippen molar-refractivity contribution in [3.05, 3.63) is 48.0 Å². The van der Waals surface area contributed by atoms with Crippen molar-refractivity contribution in [2.45, 2.75) is 38.0 Å². The van der Waals surface area contributed by atoms with E-state index in [0.717, 1.165) is 0 Å². The second kappa shape index (κ2) is 10.4. The first-order valence-corrected chi connectivity index (χ1v) is 11.8. The molecule has 2 aromatic carbocycles. The Bertz CT molecular complexity index is 1130. The number of nitrogens with one attached hydrogen (secondary N) is 1. The number of methoxy groups -OCH3 is 2. The highest BCUT2D eigenvalue weighted by Gasteiger charge is 2.52. The van der Waals surface area contributed by atoms with Crippen LogP contribution in [0.25, 0.3) is 0 Å². The number of aliphatic hydroxyl groups is 1. The minimum absolute atomic E-state index is 0.0272. The van der Waals surface area contributed by atoms with Gasteiger partial charge in [-0.2, -0.15) is 0 Å². The molecule has 0 spiro atoms. The molecule has 0 saturated carbocycles. The van der Waals surface area contributed by atoms with Crippen LogP contribution in [0.5, 0.6) is 17.2 Å². The average Bonchev–Trinajstić information content (AvgIpc) is 3.20.